The molecule has 122 valence electrons. The van der Waals surface area contributed by atoms with Gasteiger partial charge in [0.25, 0.3) is 5.56 Å². The van der Waals surface area contributed by atoms with E-state index in [1.165, 1.54) is 12.1 Å². The van der Waals surface area contributed by atoms with Gasteiger partial charge >= 0.3 is 0 Å². The summed E-state index contributed by atoms with van der Waals surface area (Å²) in [6.07, 6.45) is 0. The molecule has 2 aromatic carbocycles. The van der Waals surface area contributed by atoms with E-state index >= 15 is 0 Å². The van der Waals surface area contributed by atoms with Gasteiger partial charge in [0, 0.05) is 5.39 Å². The maximum atomic E-state index is 12.7. The second-order valence-corrected chi connectivity index (χ2v) is 5.76. The number of nitrogens with one attached hydrogen (secondary N) is 1. The van der Waals surface area contributed by atoms with E-state index in [9.17, 15) is 15.2 Å². The molecule has 4 rings (SSSR count). The number of nitriles is 1. The van der Waals surface area contributed by atoms with Crippen molar-refractivity contribution in [1.82, 2.24) is 4.98 Å². The van der Waals surface area contributed by atoms with Crippen molar-refractivity contribution < 1.29 is 9.84 Å². The molecular formula is C19H13N3O3. The van der Waals surface area contributed by atoms with E-state index in [0.717, 1.165) is 0 Å². The van der Waals surface area contributed by atoms with E-state index in [1.54, 1.807) is 24.3 Å². The lowest BCUT2D eigenvalue weighted by molar-refractivity contribution is 0.396. The van der Waals surface area contributed by atoms with E-state index in [0.29, 0.717) is 27.8 Å². The highest BCUT2D eigenvalue weighted by molar-refractivity contribution is 5.87. The van der Waals surface area contributed by atoms with Gasteiger partial charge in [0.05, 0.1) is 17.0 Å². The molecule has 0 saturated carbocycles. The van der Waals surface area contributed by atoms with Crippen LogP contribution in [0.3, 0.4) is 0 Å². The number of pyridine rings is 1. The molecular weight excluding hydrogens is 318 g/mol. The molecule has 6 nitrogen and oxygen atoms in total. The molecule has 4 N–H and O–H groups in total. The Morgan fingerprint density at radius 1 is 1.20 bits per heavy atom. The van der Waals surface area contributed by atoms with Crippen LogP contribution in [0.2, 0.25) is 0 Å². The van der Waals surface area contributed by atoms with Crippen LogP contribution in [0.4, 0.5) is 0 Å². The van der Waals surface area contributed by atoms with E-state index < -0.39 is 5.92 Å². The lowest BCUT2D eigenvalue weighted by atomic mass is 9.83. The summed E-state index contributed by atoms with van der Waals surface area (Å²) in [7, 11) is 0. The second kappa shape index (κ2) is 5.42. The SMILES string of the molecule is N#CC1=C(N)Oc2c(c(=O)[nH]c3ccccc23)C1c1cccc(O)c1. The summed E-state index contributed by atoms with van der Waals surface area (Å²) in [6, 6.07) is 15.7. The number of nitrogens with zero attached hydrogens (tertiary/aromatic N) is 1. The van der Waals surface area contributed by atoms with Crippen LogP contribution in [0, 0.1) is 11.3 Å². The highest BCUT2D eigenvalue weighted by Crippen LogP contribution is 2.43. The number of hydrogen-bond donors (Lipinski definition) is 3. The van der Waals surface area contributed by atoms with Gasteiger partial charge in [0.15, 0.2) is 0 Å². The predicted molar refractivity (Wildman–Crippen MR) is 92.0 cm³/mol. The van der Waals surface area contributed by atoms with E-state index in [2.05, 4.69) is 4.98 Å². The molecule has 0 saturated heterocycles. The van der Waals surface area contributed by atoms with Gasteiger partial charge in [-0.1, -0.05) is 24.3 Å². The predicted octanol–water partition coefficient (Wildman–Crippen LogP) is 2.45. The first-order valence-electron chi connectivity index (χ1n) is 7.61. The number of allylic oxidation sites excluding steroid dienone is 1. The van der Waals surface area contributed by atoms with Crippen LogP contribution in [-0.2, 0) is 0 Å². The highest BCUT2D eigenvalue weighted by atomic mass is 16.5. The number of benzene rings is 2. The van der Waals surface area contributed by atoms with Gasteiger partial charge in [-0.3, -0.25) is 4.79 Å². The van der Waals surface area contributed by atoms with Crippen molar-refractivity contribution in [3.63, 3.8) is 0 Å². The molecule has 1 aliphatic rings. The van der Waals surface area contributed by atoms with Crippen molar-refractivity contribution in [2.75, 3.05) is 0 Å². The zero-order valence-corrected chi connectivity index (χ0v) is 13.0. The molecule has 25 heavy (non-hydrogen) atoms. The number of hydrogen-bond acceptors (Lipinski definition) is 5. The minimum absolute atomic E-state index is 0.0404. The number of nitrogens with two attached hydrogens (primary N) is 1. The third-order valence-corrected chi connectivity index (χ3v) is 4.29. The van der Waals surface area contributed by atoms with Crippen LogP contribution in [0.5, 0.6) is 11.5 Å². The summed E-state index contributed by atoms with van der Waals surface area (Å²) in [4.78, 5) is 15.6. The number of rotatable bonds is 1. The summed E-state index contributed by atoms with van der Waals surface area (Å²) < 4.78 is 5.66. The fraction of sp³-hybridized carbons (Fsp3) is 0.0526. The van der Waals surface area contributed by atoms with Gasteiger partial charge in [-0.15, -0.1) is 0 Å². The van der Waals surface area contributed by atoms with Crippen LogP contribution < -0.4 is 16.0 Å². The zero-order valence-electron chi connectivity index (χ0n) is 13.0. The molecule has 0 spiro atoms. The molecule has 0 radical (unpaired) electrons. The molecule has 0 amide bonds. The zero-order chi connectivity index (χ0) is 17.6. The molecule has 0 fully saturated rings. The van der Waals surface area contributed by atoms with Crippen LogP contribution in [0.1, 0.15) is 17.0 Å². The fourth-order valence-corrected chi connectivity index (χ4v) is 3.21. The van der Waals surface area contributed by atoms with Gasteiger partial charge in [0.2, 0.25) is 5.88 Å². The van der Waals surface area contributed by atoms with Crippen LogP contribution in [-0.4, -0.2) is 10.1 Å². The molecule has 3 aromatic rings. The van der Waals surface area contributed by atoms with Crippen molar-refractivity contribution >= 4 is 10.9 Å². The van der Waals surface area contributed by atoms with Crippen molar-refractivity contribution in [2.24, 2.45) is 5.73 Å². The Kier molecular flexibility index (Phi) is 3.22. The van der Waals surface area contributed by atoms with Gasteiger partial charge in [-0.25, -0.2) is 0 Å². The smallest absolute Gasteiger partial charge is 0.256 e. The number of aromatic nitrogens is 1. The number of para-hydroxylation sites is 1. The minimum atomic E-state index is -0.714. The summed E-state index contributed by atoms with van der Waals surface area (Å²) in [5, 5.41) is 20.1. The third-order valence-electron chi connectivity index (χ3n) is 4.29. The topological polar surface area (TPSA) is 112 Å². The van der Waals surface area contributed by atoms with Crippen LogP contribution in [0.15, 0.2) is 64.8 Å². The normalized spacial score (nSPS) is 16.2. The Bertz CT molecular complexity index is 1140. The van der Waals surface area contributed by atoms with Crippen LogP contribution >= 0.6 is 0 Å². The van der Waals surface area contributed by atoms with Gasteiger partial charge in [-0.05, 0) is 29.8 Å². The summed E-state index contributed by atoms with van der Waals surface area (Å²) in [6.45, 7) is 0. The quantitative estimate of drug-likeness (QED) is 0.634. The Balaban J connectivity index is 2.10. The lowest BCUT2D eigenvalue weighted by Gasteiger charge is -2.26. The molecule has 1 aromatic heterocycles. The van der Waals surface area contributed by atoms with E-state index in [1.807, 2.05) is 18.2 Å². The summed E-state index contributed by atoms with van der Waals surface area (Å²) >= 11 is 0. The fourth-order valence-electron chi connectivity index (χ4n) is 3.21. The first-order chi connectivity index (χ1) is 12.1. The van der Waals surface area contributed by atoms with Gasteiger partial charge in [0.1, 0.15) is 23.1 Å². The number of fused-ring (bicyclic) bond motifs is 3. The molecule has 1 atom stereocenters. The summed E-state index contributed by atoms with van der Waals surface area (Å²) in [5.41, 5.74) is 7.26. The third kappa shape index (κ3) is 2.22. The number of ether oxygens (including phenoxy) is 1. The average molecular weight is 331 g/mol. The maximum absolute atomic E-state index is 12.7. The Labute approximate surface area is 142 Å². The average Bonchev–Trinajstić information content (AvgIpc) is 2.60. The number of H-pyrrole nitrogens is 1. The number of aromatic amines is 1. The minimum Gasteiger partial charge on any atom is -0.508 e. The number of phenols is 1. The Morgan fingerprint density at radius 3 is 2.76 bits per heavy atom. The van der Waals surface area contributed by atoms with Gasteiger partial charge in [-0.2, -0.15) is 5.26 Å². The van der Waals surface area contributed by atoms with Gasteiger partial charge < -0.3 is 20.6 Å². The van der Waals surface area contributed by atoms with E-state index in [4.69, 9.17) is 10.5 Å². The van der Waals surface area contributed by atoms with Crippen molar-refractivity contribution in [1.29, 1.82) is 5.26 Å². The molecule has 2 heterocycles. The molecule has 1 unspecified atom stereocenters. The standard InChI is InChI=1S/C19H13N3O3/c20-9-13-15(10-4-3-5-11(23)8-10)16-17(25-18(13)21)12-6-1-2-7-14(12)22-19(16)24/h1-8,15,23H,21H2,(H,22,24). The van der Waals surface area contributed by atoms with E-state index in [-0.39, 0.29) is 22.8 Å². The molecule has 1 aliphatic heterocycles. The molecule has 0 bridgehead atoms. The second-order valence-electron chi connectivity index (χ2n) is 5.76. The number of aromatic hydroxyl groups is 1. The maximum Gasteiger partial charge on any atom is 0.256 e. The summed E-state index contributed by atoms with van der Waals surface area (Å²) in [5.74, 6) is -0.379. The Hall–Kier alpha value is -3.72. The first kappa shape index (κ1) is 14.8. The van der Waals surface area contributed by atoms with Crippen molar-refractivity contribution in [3.8, 4) is 17.6 Å². The Morgan fingerprint density at radius 2 is 2.00 bits per heavy atom. The molecule has 0 aliphatic carbocycles. The monoisotopic (exact) mass is 331 g/mol. The van der Waals surface area contributed by atoms with Crippen molar-refractivity contribution in [3.05, 3.63) is 81.5 Å². The highest BCUT2D eigenvalue weighted by Gasteiger charge is 2.34. The van der Waals surface area contributed by atoms with Crippen molar-refractivity contribution in [2.45, 2.75) is 5.92 Å². The molecule has 6 heteroatoms. The lowest BCUT2D eigenvalue weighted by Crippen LogP contribution is -2.27. The largest absolute Gasteiger partial charge is 0.508 e. The first-order valence-corrected chi connectivity index (χ1v) is 7.61. The number of phenolic OH excluding ortho intramolecular Hbond substituents is 1. The van der Waals surface area contributed by atoms with Crippen LogP contribution in [0.25, 0.3) is 10.9 Å².